The molecule has 0 bridgehead atoms. The molecular formula is C46H79N9O10. The van der Waals surface area contributed by atoms with Crippen molar-refractivity contribution < 1.29 is 47.8 Å². The molecule has 0 spiro atoms. The van der Waals surface area contributed by atoms with Gasteiger partial charge in [0, 0.05) is 77.6 Å². The first-order valence-electron chi connectivity index (χ1n) is 22.6. The van der Waals surface area contributed by atoms with Crippen molar-refractivity contribution in [2.45, 2.75) is 125 Å². The molecule has 1 saturated heterocycles. The Morgan fingerprint density at radius 1 is 0.569 bits per heavy atom. The van der Waals surface area contributed by atoms with Crippen LogP contribution in [0.2, 0.25) is 0 Å². The van der Waals surface area contributed by atoms with Crippen molar-refractivity contribution in [2.75, 3.05) is 90.4 Å². The van der Waals surface area contributed by atoms with Crippen LogP contribution in [0.3, 0.4) is 0 Å². The van der Waals surface area contributed by atoms with E-state index in [4.69, 9.17) is 19.9 Å². The van der Waals surface area contributed by atoms with Crippen LogP contribution in [0.25, 0.3) is 0 Å². The molecule has 0 aromatic heterocycles. The zero-order valence-electron chi connectivity index (χ0n) is 41.1. The predicted octanol–water partition coefficient (Wildman–Crippen LogP) is 1.48. The van der Waals surface area contributed by atoms with E-state index >= 15 is 0 Å². The van der Waals surface area contributed by atoms with Gasteiger partial charge in [0.2, 0.25) is 23.6 Å². The third-order valence-corrected chi connectivity index (χ3v) is 9.77. The number of esters is 3. The van der Waals surface area contributed by atoms with E-state index in [9.17, 15) is 33.6 Å². The van der Waals surface area contributed by atoms with E-state index in [0.29, 0.717) is 58.0 Å². The van der Waals surface area contributed by atoms with Crippen LogP contribution < -0.4 is 27.0 Å². The fourth-order valence-electron chi connectivity index (χ4n) is 6.38. The number of benzene rings is 1. The molecule has 1 aliphatic rings. The van der Waals surface area contributed by atoms with Gasteiger partial charge in [0.05, 0.1) is 32.2 Å². The fraction of sp³-hybridized carbons (Fsp3) is 0.717. The standard InChI is InChI=1S/C46H79N9O10/c1-32(2)41(47)43(62)50-33(3)42(61)51-35-15-13-34(14-16-35)27-49-36(56)17-18-48-37(57)28-52-19-21-53(29-38(58)63-44(4,5)6)23-25-55(31-40(60)65-46(10,11)12)26-24-54(22-20-52)30-39(59)64-45(7,8)9/h13-16,32-33,41H,17-31,47H2,1-12H3,(H,48,57)(H,49,56)(H,50,62)(H,51,61)/t33-,41-/m0/s1. The molecule has 368 valence electrons. The molecule has 1 aromatic rings. The lowest BCUT2D eigenvalue weighted by molar-refractivity contribution is -0.158. The highest BCUT2D eigenvalue weighted by molar-refractivity contribution is 5.97. The summed E-state index contributed by atoms with van der Waals surface area (Å²) in [6.45, 7) is 25.1. The number of nitrogens with one attached hydrogen (secondary N) is 4. The molecule has 1 aliphatic heterocycles. The highest BCUT2D eigenvalue weighted by Crippen LogP contribution is 2.13. The van der Waals surface area contributed by atoms with Crippen LogP contribution in [-0.4, -0.2) is 175 Å². The molecule has 1 heterocycles. The Morgan fingerprint density at radius 3 is 1.32 bits per heavy atom. The number of rotatable bonds is 18. The second kappa shape index (κ2) is 26.5. The average molecular weight is 918 g/mol. The molecule has 1 aromatic carbocycles. The van der Waals surface area contributed by atoms with Crippen LogP contribution in [0.4, 0.5) is 5.69 Å². The summed E-state index contributed by atoms with van der Waals surface area (Å²) in [5.41, 5.74) is 5.16. The Bertz CT molecular complexity index is 1670. The minimum atomic E-state index is -0.794. The van der Waals surface area contributed by atoms with Gasteiger partial charge in [-0.25, -0.2) is 0 Å². The quantitative estimate of drug-likeness (QED) is 0.104. The van der Waals surface area contributed by atoms with Crippen LogP contribution in [0.5, 0.6) is 0 Å². The number of carbonyl (C=O) groups excluding carboxylic acids is 7. The summed E-state index contributed by atoms with van der Waals surface area (Å²) in [4.78, 5) is 97.7. The molecule has 0 aliphatic carbocycles. The Balaban J connectivity index is 2.05. The highest BCUT2D eigenvalue weighted by Gasteiger charge is 2.27. The molecule has 4 amide bonds. The fourth-order valence-corrected chi connectivity index (χ4v) is 6.38. The summed E-state index contributed by atoms with van der Waals surface area (Å²) >= 11 is 0. The lowest BCUT2D eigenvalue weighted by atomic mass is 10.0. The van der Waals surface area contributed by atoms with Crippen molar-refractivity contribution in [1.29, 1.82) is 0 Å². The number of anilines is 1. The normalized spacial score (nSPS) is 16.5. The van der Waals surface area contributed by atoms with Crippen molar-refractivity contribution >= 4 is 47.2 Å². The molecule has 6 N–H and O–H groups in total. The Labute approximate surface area is 386 Å². The summed E-state index contributed by atoms with van der Waals surface area (Å²) in [5, 5.41) is 11.1. The van der Waals surface area contributed by atoms with E-state index in [1.165, 1.54) is 0 Å². The lowest BCUT2D eigenvalue weighted by Gasteiger charge is -2.34. The van der Waals surface area contributed by atoms with Crippen LogP contribution in [0.15, 0.2) is 24.3 Å². The van der Waals surface area contributed by atoms with Crippen LogP contribution in [0.1, 0.15) is 95.1 Å². The Hall–Kier alpha value is -4.69. The number of ether oxygens (including phenoxy) is 3. The first kappa shape index (κ1) is 56.4. The van der Waals surface area contributed by atoms with E-state index in [-0.39, 0.29) is 69.4 Å². The molecule has 1 fully saturated rings. The van der Waals surface area contributed by atoms with E-state index in [1.54, 1.807) is 72.7 Å². The van der Waals surface area contributed by atoms with Crippen LogP contribution >= 0.6 is 0 Å². The van der Waals surface area contributed by atoms with Gasteiger partial charge in [-0.15, -0.1) is 0 Å². The molecule has 2 rings (SSSR count). The van der Waals surface area contributed by atoms with Crippen molar-refractivity contribution in [3.8, 4) is 0 Å². The molecule has 19 nitrogen and oxygen atoms in total. The zero-order chi connectivity index (χ0) is 49.1. The lowest BCUT2D eigenvalue weighted by Crippen LogP contribution is -2.50. The van der Waals surface area contributed by atoms with Gasteiger partial charge in [-0.1, -0.05) is 26.0 Å². The van der Waals surface area contributed by atoms with Gasteiger partial charge in [-0.3, -0.25) is 53.2 Å². The predicted molar refractivity (Wildman–Crippen MR) is 248 cm³/mol. The average Bonchev–Trinajstić information content (AvgIpc) is 3.15. The number of hydrogen-bond donors (Lipinski definition) is 5. The number of nitrogens with zero attached hydrogens (tertiary/aromatic N) is 4. The molecule has 0 radical (unpaired) electrons. The Morgan fingerprint density at radius 2 is 0.954 bits per heavy atom. The van der Waals surface area contributed by atoms with Crippen LogP contribution in [-0.2, 0) is 54.3 Å². The smallest absolute Gasteiger partial charge is 0.320 e. The summed E-state index contributed by atoms with van der Waals surface area (Å²) in [6, 6.07) is 5.40. The number of carbonyl (C=O) groups is 7. The van der Waals surface area contributed by atoms with Crippen molar-refractivity contribution in [2.24, 2.45) is 11.7 Å². The minimum absolute atomic E-state index is 0.00641. The summed E-state index contributed by atoms with van der Waals surface area (Å²) in [7, 11) is 0. The number of nitrogens with two attached hydrogens (primary N) is 1. The van der Waals surface area contributed by atoms with Gasteiger partial charge in [-0.2, -0.15) is 0 Å². The number of amides is 4. The maximum absolute atomic E-state index is 13.3. The molecule has 0 saturated carbocycles. The van der Waals surface area contributed by atoms with Gasteiger partial charge in [0.25, 0.3) is 0 Å². The van der Waals surface area contributed by atoms with E-state index in [0.717, 1.165) is 5.56 Å². The van der Waals surface area contributed by atoms with Gasteiger partial charge in [0.15, 0.2) is 0 Å². The van der Waals surface area contributed by atoms with E-state index < -0.39 is 52.6 Å². The third-order valence-electron chi connectivity index (χ3n) is 9.77. The molecule has 65 heavy (non-hydrogen) atoms. The van der Waals surface area contributed by atoms with Gasteiger partial charge in [0.1, 0.15) is 22.8 Å². The number of hydrogen-bond acceptors (Lipinski definition) is 15. The molecule has 0 unspecified atom stereocenters. The topological polar surface area (TPSA) is 234 Å². The first-order valence-corrected chi connectivity index (χ1v) is 22.6. The van der Waals surface area contributed by atoms with Crippen molar-refractivity contribution in [1.82, 2.24) is 35.6 Å². The minimum Gasteiger partial charge on any atom is -0.459 e. The monoisotopic (exact) mass is 918 g/mol. The van der Waals surface area contributed by atoms with Crippen molar-refractivity contribution in [3.05, 3.63) is 29.8 Å². The second-order valence-electron chi connectivity index (χ2n) is 19.9. The second-order valence-corrected chi connectivity index (χ2v) is 19.9. The van der Waals surface area contributed by atoms with Crippen molar-refractivity contribution in [3.63, 3.8) is 0 Å². The zero-order valence-corrected chi connectivity index (χ0v) is 41.1. The summed E-state index contributed by atoms with van der Waals surface area (Å²) < 4.78 is 16.9. The highest BCUT2D eigenvalue weighted by atomic mass is 16.6. The molecule has 19 heteroatoms. The molecular weight excluding hydrogens is 839 g/mol. The summed E-state index contributed by atoms with van der Waals surface area (Å²) in [6.07, 6.45) is 0.0388. The SMILES string of the molecule is CC(C)[C@H](N)C(=O)N[C@@H](C)C(=O)Nc1ccc(CNC(=O)CCNC(=O)CN2CCN(CC(=O)OC(C)(C)C)CCN(CC(=O)OC(C)(C)C)CCN(CC(=O)OC(C)(C)C)CC2)cc1. The maximum atomic E-state index is 13.3. The Kier molecular flexibility index (Phi) is 23.0. The van der Waals surface area contributed by atoms with Gasteiger partial charge < -0.3 is 41.2 Å². The largest absolute Gasteiger partial charge is 0.459 e. The van der Waals surface area contributed by atoms with E-state index in [2.05, 4.69) is 21.3 Å². The molecule has 2 atom stereocenters. The van der Waals surface area contributed by atoms with Gasteiger partial charge >= 0.3 is 17.9 Å². The first-order chi connectivity index (χ1) is 30.1. The summed E-state index contributed by atoms with van der Waals surface area (Å²) in [5.74, 6) is -2.60. The third kappa shape index (κ3) is 25.6. The van der Waals surface area contributed by atoms with Gasteiger partial charge in [-0.05, 0) is 92.9 Å². The van der Waals surface area contributed by atoms with Crippen LogP contribution in [0, 0.1) is 5.92 Å². The maximum Gasteiger partial charge on any atom is 0.320 e. The van der Waals surface area contributed by atoms with E-state index in [1.807, 2.05) is 54.2 Å².